The Bertz CT molecular complexity index is 859. The molecule has 148 valence electrons. The molecule has 2 atom stereocenters. The maximum atomic E-state index is 13.3. The van der Waals surface area contributed by atoms with Crippen LogP contribution in [0.25, 0.3) is 0 Å². The molecule has 2 aliphatic rings. The van der Waals surface area contributed by atoms with Gasteiger partial charge in [-0.25, -0.2) is 9.97 Å². The Morgan fingerprint density at radius 2 is 1.71 bits per heavy atom. The molecule has 0 aliphatic carbocycles. The molecule has 2 aliphatic heterocycles. The summed E-state index contributed by atoms with van der Waals surface area (Å²) in [5, 5.41) is 0. The number of nitrogens with zero attached hydrogens (tertiary/aromatic N) is 4. The molecule has 2 aromatic rings. The summed E-state index contributed by atoms with van der Waals surface area (Å²) >= 11 is 0. The number of amides is 1. The smallest absolute Gasteiger partial charge is 0.261 e. The zero-order valence-electron chi connectivity index (χ0n) is 16.8. The Kier molecular flexibility index (Phi) is 4.83. The topological polar surface area (TPSA) is 67.8 Å². The van der Waals surface area contributed by atoms with Gasteiger partial charge in [0.25, 0.3) is 5.91 Å². The highest BCUT2D eigenvalue weighted by Gasteiger charge is 2.45. The van der Waals surface area contributed by atoms with E-state index in [-0.39, 0.29) is 11.9 Å². The fraction of sp³-hybridized carbons (Fsp3) is 0.476. The Hall–Kier alpha value is -2.83. The van der Waals surface area contributed by atoms with Crippen LogP contribution in [0.1, 0.15) is 28.2 Å². The lowest BCUT2D eigenvalue weighted by Gasteiger charge is -2.53. The van der Waals surface area contributed by atoms with Gasteiger partial charge < -0.3 is 19.3 Å². The molecule has 2 unspecified atom stereocenters. The van der Waals surface area contributed by atoms with E-state index in [2.05, 4.69) is 14.9 Å². The number of rotatable bonds is 4. The Labute approximate surface area is 165 Å². The van der Waals surface area contributed by atoms with Crippen LogP contribution < -0.4 is 14.4 Å². The van der Waals surface area contributed by atoms with Crippen LogP contribution in [-0.2, 0) is 0 Å². The number of piperidine rings is 1. The van der Waals surface area contributed by atoms with E-state index in [0.717, 1.165) is 36.8 Å². The summed E-state index contributed by atoms with van der Waals surface area (Å²) < 4.78 is 10.8. The van der Waals surface area contributed by atoms with Gasteiger partial charge in [-0.1, -0.05) is 6.07 Å². The average molecular weight is 382 g/mol. The maximum Gasteiger partial charge on any atom is 0.261 e. The first kappa shape index (κ1) is 18.5. The van der Waals surface area contributed by atoms with Crippen LogP contribution in [0.4, 0.5) is 5.95 Å². The number of hydrogen-bond donors (Lipinski definition) is 0. The molecule has 0 radical (unpaired) electrons. The third-order valence-electron chi connectivity index (χ3n) is 5.71. The average Bonchev–Trinajstić information content (AvgIpc) is 2.67. The molecule has 0 N–H and O–H groups in total. The van der Waals surface area contributed by atoms with Crippen molar-refractivity contribution in [2.75, 3.05) is 38.8 Å². The molecule has 0 bridgehead atoms. The van der Waals surface area contributed by atoms with Gasteiger partial charge in [-0.05, 0) is 38.5 Å². The third-order valence-corrected chi connectivity index (χ3v) is 5.71. The number of aryl methyl sites for hydroxylation is 2. The summed E-state index contributed by atoms with van der Waals surface area (Å²) in [6.07, 6.45) is 0.981. The predicted molar refractivity (Wildman–Crippen MR) is 106 cm³/mol. The summed E-state index contributed by atoms with van der Waals surface area (Å²) in [5.74, 6) is 2.36. The van der Waals surface area contributed by atoms with E-state index < -0.39 is 0 Å². The second-order valence-corrected chi connectivity index (χ2v) is 7.51. The van der Waals surface area contributed by atoms with Crippen molar-refractivity contribution >= 4 is 11.9 Å². The minimum Gasteiger partial charge on any atom is -0.496 e. The van der Waals surface area contributed by atoms with Gasteiger partial charge in [0.05, 0.1) is 20.3 Å². The largest absolute Gasteiger partial charge is 0.496 e. The van der Waals surface area contributed by atoms with E-state index in [4.69, 9.17) is 9.47 Å². The minimum atomic E-state index is -0.0547. The predicted octanol–water partition coefficient (Wildman–Crippen LogP) is 2.46. The molecule has 28 heavy (non-hydrogen) atoms. The van der Waals surface area contributed by atoms with Crippen LogP contribution in [0.15, 0.2) is 24.3 Å². The summed E-state index contributed by atoms with van der Waals surface area (Å²) in [6.45, 7) is 6.32. The van der Waals surface area contributed by atoms with E-state index in [9.17, 15) is 4.79 Å². The van der Waals surface area contributed by atoms with E-state index >= 15 is 0 Å². The molecule has 3 heterocycles. The summed E-state index contributed by atoms with van der Waals surface area (Å²) in [4.78, 5) is 26.6. The van der Waals surface area contributed by atoms with Crippen molar-refractivity contribution in [3.63, 3.8) is 0 Å². The Morgan fingerprint density at radius 1 is 1.07 bits per heavy atom. The van der Waals surface area contributed by atoms with E-state index in [1.165, 1.54) is 0 Å². The highest BCUT2D eigenvalue weighted by atomic mass is 16.5. The van der Waals surface area contributed by atoms with Gasteiger partial charge in [0.1, 0.15) is 17.1 Å². The standard InChI is InChI=1S/C21H26N4O3/c1-13-10-14(2)23-21(22-13)25-11-15-8-9-24(12-16(15)25)20(26)19-17(27-3)6-5-7-18(19)28-4/h5-7,10,15-16H,8-9,11-12H2,1-4H3. The maximum absolute atomic E-state index is 13.3. The lowest BCUT2D eigenvalue weighted by atomic mass is 9.82. The molecule has 0 saturated carbocycles. The third kappa shape index (κ3) is 3.15. The van der Waals surface area contributed by atoms with Crippen molar-refractivity contribution in [1.29, 1.82) is 0 Å². The lowest BCUT2D eigenvalue weighted by molar-refractivity contribution is 0.0583. The molecule has 2 fully saturated rings. The normalized spacial score (nSPS) is 21.0. The zero-order valence-corrected chi connectivity index (χ0v) is 16.8. The van der Waals surface area contributed by atoms with Crippen molar-refractivity contribution < 1.29 is 14.3 Å². The molecule has 7 nitrogen and oxygen atoms in total. The number of likely N-dealkylation sites (tertiary alicyclic amines) is 1. The van der Waals surface area contributed by atoms with Gasteiger partial charge in [0.2, 0.25) is 5.95 Å². The highest BCUT2D eigenvalue weighted by molar-refractivity contribution is 5.99. The molecule has 1 aromatic carbocycles. The van der Waals surface area contributed by atoms with E-state index in [1.54, 1.807) is 26.4 Å². The summed E-state index contributed by atoms with van der Waals surface area (Å²) in [6, 6.07) is 7.64. The van der Waals surface area contributed by atoms with Crippen LogP contribution >= 0.6 is 0 Å². The van der Waals surface area contributed by atoms with Crippen LogP contribution in [0, 0.1) is 19.8 Å². The molecule has 1 amide bonds. The highest BCUT2D eigenvalue weighted by Crippen LogP contribution is 2.37. The molecule has 0 spiro atoms. The number of hydrogen-bond acceptors (Lipinski definition) is 6. The van der Waals surface area contributed by atoms with Crippen LogP contribution in [-0.4, -0.2) is 60.7 Å². The first-order valence-corrected chi connectivity index (χ1v) is 9.61. The number of fused-ring (bicyclic) bond motifs is 1. The molecular weight excluding hydrogens is 356 g/mol. The zero-order chi connectivity index (χ0) is 19.8. The van der Waals surface area contributed by atoms with Crippen molar-refractivity contribution in [3.8, 4) is 11.5 Å². The quantitative estimate of drug-likeness (QED) is 0.809. The molecule has 4 rings (SSSR count). The number of methoxy groups -OCH3 is 2. The SMILES string of the molecule is COc1cccc(OC)c1C(=O)N1CCC2CN(c3nc(C)cc(C)n3)C2C1. The number of carbonyl (C=O) groups is 1. The number of carbonyl (C=O) groups excluding carboxylic acids is 1. The van der Waals surface area contributed by atoms with Crippen molar-refractivity contribution in [1.82, 2.24) is 14.9 Å². The van der Waals surface area contributed by atoms with Crippen LogP contribution in [0.5, 0.6) is 11.5 Å². The first-order chi connectivity index (χ1) is 13.5. The van der Waals surface area contributed by atoms with Gasteiger partial charge in [-0.15, -0.1) is 0 Å². The molecular formula is C21H26N4O3. The molecule has 2 saturated heterocycles. The van der Waals surface area contributed by atoms with Gasteiger partial charge in [0, 0.05) is 36.9 Å². The monoisotopic (exact) mass is 382 g/mol. The fourth-order valence-electron chi connectivity index (χ4n) is 4.27. The minimum absolute atomic E-state index is 0.0547. The number of aromatic nitrogens is 2. The fourth-order valence-corrected chi connectivity index (χ4v) is 4.27. The van der Waals surface area contributed by atoms with Crippen molar-refractivity contribution in [3.05, 3.63) is 41.2 Å². The lowest BCUT2D eigenvalue weighted by Crippen LogP contribution is -2.65. The van der Waals surface area contributed by atoms with Crippen LogP contribution in [0.2, 0.25) is 0 Å². The second-order valence-electron chi connectivity index (χ2n) is 7.51. The summed E-state index contributed by atoms with van der Waals surface area (Å²) in [5.41, 5.74) is 2.42. The number of benzene rings is 1. The first-order valence-electron chi connectivity index (χ1n) is 9.61. The Morgan fingerprint density at radius 3 is 2.32 bits per heavy atom. The molecule has 1 aromatic heterocycles. The summed E-state index contributed by atoms with van der Waals surface area (Å²) in [7, 11) is 3.14. The van der Waals surface area contributed by atoms with Gasteiger partial charge >= 0.3 is 0 Å². The van der Waals surface area contributed by atoms with E-state index in [1.807, 2.05) is 30.9 Å². The van der Waals surface area contributed by atoms with Gasteiger partial charge in [-0.2, -0.15) is 0 Å². The van der Waals surface area contributed by atoms with Crippen LogP contribution in [0.3, 0.4) is 0 Å². The number of anilines is 1. The Balaban J connectivity index is 1.56. The number of ether oxygens (including phenoxy) is 2. The van der Waals surface area contributed by atoms with Crippen molar-refractivity contribution in [2.45, 2.75) is 26.3 Å². The second kappa shape index (κ2) is 7.30. The van der Waals surface area contributed by atoms with Crippen molar-refractivity contribution in [2.24, 2.45) is 5.92 Å². The van der Waals surface area contributed by atoms with Gasteiger partial charge in [-0.3, -0.25) is 4.79 Å². The molecule has 7 heteroatoms. The van der Waals surface area contributed by atoms with E-state index in [0.29, 0.717) is 29.5 Å². The van der Waals surface area contributed by atoms with Gasteiger partial charge in [0.15, 0.2) is 0 Å².